The van der Waals surface area contributed by atoms with Crippen molar-refractivity contribution in [1.29, 1.82) is 0 Å². The molecule has 1 N–H and O–H groups in total. The molecule has 1 heteroatoms. The van der Waals surface area contributed by atoms with Crippen molar-refractivity contribution >= 4 is 0 Å². The van der Waals surface area contributed by atoms with E-state index in [-0.39, 0.29) is 6.10 Å². The Kier molecular flexibility index (Phi) is 2.12. The number of aliphatic hydroxyl groups is 1. The van der Waals surface area contributed by atoms with Gasteiger partial charge in [0.05, 0.1) is 6.10 Å². The van der Waals surface area contributed by atoms with E-state index in [1.165, 1.54) is 16.7 Å². The molecular formula is C12H16O. The van der Waals surface area contributed by atoms with Gasteiger partial charge in [-0.2, -0.15) is 0 Å². The van der Waals surface area contributed by atoms with Gasteiger partial charge in [0, 0.05) is 0 Å². The molecule has 13 heavy (non-hydrogen) atoms. The van der Waals surface area contributed by atoms with Crippen LogP contribution in [0, 0.1) is 13.8 Å². The fraction of sp³-hybridized carbons (Fsp3) is 0.500. The van der Waals surface area contributed by atoms with Crippen LogP contribution in [0.3, 0.4) is 0 Å². The first-order valence-corrected chi connectivity index (χ1v) is 4.92. The van der Waals surface area contributed by atoms with Crippen LogP contribution in [0.4, 0.5) is 0 Å². The summed E-state index contributed by atoms with van der Waals surface area (Å²) in [5.41, 5.74) is 4.12. The normalized spacial score (nSPS) is 27.0. The minimum Gasteiger partial charge on any atom is -0.393 e. The fourth-order valence-corrected chi connectivity index (χ4v) is 2.13. The Morgan fingerprint density at radius 1 is 1.23 bits per heavy atom. The van der Waals surface area contributed by atoms with Gasteiger partial charge >= 0.3 is 0 Å². The lowest BCUT2D eigenvalue weighted by atomic mass is 9.76. The molecule has 0 spiro atoms. The van der Waals surface area contributed by atoms with E-state index in [1.54, 1.807) is 0 Å². The summed E-state index contributed by atoms with van der Waals surface area (Å²) in [5, 5.41) is 9.23. The smallest absolute Gasteiger partial charge is 0.0552 e. The molecule has 1 aromatic rings. The fourth-order valence-electron chi connectivity index (χ4n) is 2.13. The van der Waals surface area contributed by atoms with E-state index in [1.807, 2.05) is 0 Å². The summed E-state index contributed by atoms with van der Waals surface area (Å²) < 4.78 is 0. The summed E-state index contributed by atoms with van der Waals surface area (Å²) in [6.45, 7) is 4.28. The van der Waals surface area contributed by atoms with Gasteiger partial charge in [0.25, 0.3) is 0 Å². The van der Waals surface area contributed by atoms with Crippen molar-refractivity contribution in [1.82, 2.24) is 0 Å². The quantitative estimate of drug-likeness (QED) is 0.697. The molecule has 70 valence electrons. The Balaban J connectivity index is 2.21. The first kappa shape index (κ1) is 8.76. The van der Waals surface area contributed by atoms with Gasteiger partial charge in [-0.25, -0.2) is 0 Å². The molecule has 1 saturated carbocycles. The van der Waals surface area contributed by atoms with E-state index >= 15 is 0 Å². The van der Waals surface area contributed by atoms with E-state index in [0.29, 0.717) is 5.92 Å². The Hall–Kier alpha value is -0.820. The van der Waals surface area contributed by atoms with Crippen molar-refractivity contribution in [3.05, 3.63) is 34.9 Å². The molecule has 1 nitrogen and oxygen atoms in total. The molecule has 0 heterocycles. The molecule has 0 aliphatic heterocycles. The van der Waals surface area contributed by atoms with Gasteiger partial charge in [-0.3, -0.25) is 0 Å². The lowest BCUT2D eigenvalue weighted by molar-refractivity contribution is 0.0744. The number of rotatable bonds is 1. The standard InChI is InChI=1S/C12H16O/c1-8-3-4-12(9(2)5-8)10-6-11(13)7-10/h3-5,10-11,13H,6-7H2,1-2H3. The van der Waals surface area contributed by atoms with Crippen LogP contribution >= 0.6 is 0 Å². The molecule has 0 bridgehead atoms. The molecule has 2 rings (SSSR count). The summed E-state index contributed by atoms with van der Waals surface area (Å²) in [4.78, 5) is 0. The second kappa shape index (κ2) is 3.15. The monoisotopic (exact) mass is 176 g/mol. The van der Waals surface area contributed by atoms with Crippen molar-refractivity contribution in [2.45, 2.75) is 38.7 Å². The highest BCUT2D eigenvalue weighted by Crippen LogP contribution is 2.38. The summed E-state index contributed by atoms with van der Waals surface area (Å²) in [5.74, 6) is 0.607. The summed E-state index contributed by atoms with van der Waals surface area (Å²) in [6.07, 6.45) is 1.85. The summed E-state index contributed by atoms with van der Waals surface area (Å²) >= 11 is 0. The highest BCUT2D eigenvalue weighted by molar-refractivity contribution is 5.34. The van der Waals surface area contributed by atoms with Gasteiger partial charge in [0.1, 0.15) is 0 Å². The SMILES string of the molecule is Cc1ccc(C2CC(O)C2)c(C)c1. The summed E-state index contributed by atoms with van der Waals surface area (Å²) in [6, 6.07) is 6.59. The van der Waals surface area contributed by atoms with Gasteiger partial charge in [0.2, 0.25) is 0 Å². The lowest BCUT2D eigenvalue weighted by Crippen LogP contribution is -2.26. The van der Waals surface area contributed by atoms with Gasteiger partial charge in [0.15, 0.2) is 0 Å². The second-order valence-corrected chi connectivity index (χ2v) is 4.18. The van der Waals surface area contributed by atoms with Gasteiger partial charge in [-0.05, 0) is 43.7 Å². The van der Waals surface area contributed by atoms with Gasteiger partial charge in [-0.1, -0.05) is 23.8 Å². The minimum absolute atomic E-state index is 0.0503. The third-order valence-electron chi connectivity index (χ3n) is 2.98. The van der Waals surface area contributed by atoms with E-state index < -0.39 is 0 Å². The number of aliphatic hydroxyl groups excluding tert-OH is 1. The molecule has 0 saturated heterocycles. The van der Waals surface area contributed by atoms with Crippen LogP contribution in [0.2, 0.25) is 0 Å². The number of benzene rings is 1. The zero-order chi connectivity index (χ0) is 9.42. The van der Waals surface area contributed by atoms with E-state index in [4.69, 9.17) is 0 Å². The first-order chi connectivity index (χ1) is 6.16. The van der Waals surface area contributed by atoms with Crippen molar-refractivity contribution in [2.75, 3.05) is 0 Å². The molecule has 1 aromatic carbocycles. The minimum atomic E-state index is -0.0503. The Bertz CT molecular complexity index is 311. The number of aryl methyl sites for hydroxylation is 2. The van der Waals surface area contributed by atoms with Crippen LogP contribution in [0.25, 0.3) is 0 Å². The number of hydrogen-bond donors (Lipinski definition) is 1. The first-order valence-electron chi connectivity index (χ1n) is 4.92. The molecular weight excluding hydrogens is 160 g/mol. The molecule has 1 aliphatic rings. The Morgan fingerprint density at radius 2 is 1.92 bits per heavy atom. The van der Waals surface area contributed by atoms with Crippen LogP contribution < -0.4 is 0 Å². The molecule has 0 aromatic heterocycles. The highest BCUT2D eigenvalue weighted by Gasteiger charge is 2.29. The van der Waals surface area contributed by atoms with Crippen molar-refractivity contribution in [3.8, 4) is 0 Å². The predicted octanol–water partition coefficient (Wildman–Crippen LogP) is 2.54. The Labute approximate surface area is 79.4 Å². The highest BCUT2D eigenvalue weighted by atomic mass is 16.3. The topological polar surface area (TPSA) is 20.2 Å². The molecule has 1 aliphatic carbocycles. The van der Waals surface area contributed by atoms with Crippen LogP contribution in [0.15, 0.2) is 18.2 Å². The van der Waals surface area contributed by atoms with Crippen LogP contribution in [-0.2, 0) is 0 Å². The maximum atomic E-state index is 9.23. The largest absolute Gasteiger partial charge is 0.393 e. The second-order valence-electron chi connectivity index (χ2n) is 4.18. The average molecular weight is 176 g/mol. The number of hydrogen-bond acceptors (Lipinski definition) is 1. The molecule has 1 fully saturated rings. The zero-order valence-electron chi connectivity index (χ0n) is 8.25. The molecule has 0 radical (unpaired) electrons. The maximum absolute atomic E-state index is 9.23. The third kappa shape index (κ3) is 1.61. The maximum Gasteiger partial charge on any atom is 0.0552 e. The molecule has 0 atom stereocenters. The third-order valence-corrected chi connectivity index (χ3v) is 2.98. The van der Waals surface area contributed by atoms with Gasteiger partial charge < -0.3 is 5.11 Å². The van der Waals surface area contributed by atoms with Crippen molar-refractivity contribution in [3.63, 3.8) is 0 Å². The van der Waals surface area contributed by atoms with E-state index in [9.17, 15) is 5.11 Å². The van der Waals surface area contributed by atoms with Crippen LogP contribution in [0.5, 0.6) is 0 Å². The Morgan fingerprint density at radius 3 is 2.46 bits per heavy atom. The lowest BCUT2D eigenvalue weighted by Gasteiger charge is -2.32. The van der Waals surface area contributed by atoms with Gasteiger partial charge in [-0.15, -0.1) is 0 Å². The van der Waals surface area contributed by atoms with Crippen molar-refractivity contribution in [2.24, 2.45) is 0 Å². The average Bonchev–Trinajstić information content (AvgIpc) is 2.00. The van der Waals surface area contributed by atoms with Crippen molar-refractivity contribution < 1.29 is 5.11 Å². The van der Waals surface area contributed by atoms with E-state index in [0.717, 1.165) is 12.8 Å². The zero-order valence-corrected chi connectivity index (χ0v) is 8.25. The van der Waals surface area contributed by atoms with E-state index in [2.05, 4.69) is 32.0 Å². The summed E-state index contributed by atoms with van der Waals surface area (Å²) in [7, 11) is 0. The van der Waals surface area contributed by atoms with Crippen LogP contribution in [0.1, 0.15) is 35.4 Å². The molecule has 0 amide bonds. The molecule has 0 unspecified atom stereocenters. The van der Waals surface area contributed by atoms with Crippen LogP contribution in [-0.4, -0.2) is 11.2 Å². The predicted molar refractivity (Wildman–Crippen MR) is 53.9 cm³/mol.